The minimum Gasteiger partial charge on any atom is -0.507 e. The van der Waals surface area contributed by atoms with Crippen LogP contribution in [0.5, 0.6) is 11.5 Å². The maximum Gasteiger partial charge on any atom is 0.347 e. The number of carbonyl (C=O) groups excluding carboxylic acids is 1. The highest BCUT2D eigenvalue weighted by Crippen LogP contribution is 2.47. The number of aliphatic hydroxyl groups is 1. The van der Waals surface area contributed by atoms with Crippen molar-refractivity contribution in [2.45, 2.75) is 50.7 Å². The Labute approximate surface area is 166 Å². The number of aryl methyl sites for hydroxylation is 1. The summed E-state index contributed by atoms with van der Waals surface area (Å²) in [4.78, 5) is 14.6. The van der Waals surface area contributed by atoms with E-state index in [9.17, 15) is 15.0 Å². The van der Waals surface area contributed by atoms with Crippen LogP contribution in [0.1, 0.15) is 54.1 Å². The van der Waals surface area contributed by atoms with Crippen LogP contribution in [0.2, 0.25) is 0 Å². The van der Waals surface area contributed by atoms with Gasteiger partial charge in [-0.3, -0.25) is 0 Å². The Morgan fingerprint density at radius 3 is 2.50 bits per heavy atom. The molecule has 0 radical (unpaired) electrons. The monoisotopic (exact) mass is 383 g/mol. The van der Waals surface area contributed by atoms with Crippen molar-refractivity contribution in [3.63, 3.8) is 0 Å². The number of phenolic OH excluding ortho intramolecular Hbond substituents is 1. The van der Waals surface area contributed by atoms with E-state index in [4.69, 9.17) is 4.74 Å². The van der Waals surface area contributed by atoms with Crippen molar-refractivity contribution in [3.8, 4) is 11.5 Å². The fourth-order valence-electron chi connectivity index (χ4n) is 4.17. The van der Waals surface area contributed by atoms with Crippen LogP contribution in [0.4, 0.5) is 0 Å². The third-order valence-corrected chi connectivity index (χ3v) is 6.23. The molecule has 2 unspecified atom stereocenters. The molecule has 0 heterocycles. The zero-order valence-corrected chi connectivity index (χ0v) is 17.0. The second-order valence-corrected chi connectivity index (χ2v) is 8.17. The molecule has 28 heavy (non-hydrogen) atoms. The summed E-state index contributed by atoms with van der Waals surface area (Å²) in [5, 5.41) is 21.7. The quantitative estimate of drug-likeness (QED) is 0.617. The van der Waals surface area contributed by atoms with E-state index in [1.165, 1.54) is 6.07 Å². The molecule has 2 N–H and O–H groups in total. The van der Waals surface area contributed by atoms with Crippen LogP contribution in [0.25, 0.3) is 0 Å². The second-order valence-electron chi connectivity index (χ2n) is 8.17. The van der Waals surface area contributed by atoms with E-state index in [0.717, 1.165) is 30.4 Å². The van der Waals surface area contributed by atoms with Gasteiger partial charge in [-0.2, -0.15) is 0 Å². The highest BCUT2D eigenvalue weighted by atomic mass is 16.5. The molecular formula is C23H29NO4. The van der Waals surface area contributed by atoms with Crippen LogP contribution in [-0.2, 0) is 5.60 Å². The zero-order valence-electron chi connectivity index (χ0n) is 17.0. The zero-order chi connectivity index (χ0) is 20.5. The summed E-state index contributed by atoms with van der Waals surface area (Å²) in [6.07, 6.45) is 3.55. The molecule has 150 valence electrons. The Morgan fingerprint density at radius 1 is 1.11 bits per heavy atom. The largest absolute Gasteiger partial charge is 0.507 e. The molecule has 0 aliphatic heterocycles. The molecule has 1 saturated carbocycles. The lowest BCUT2D eigenvalue weighted by molar-refractivity contribution is -0.123. The van der Waals surface area contributed by atoms with Crippen molar-refractivity contribution in [1.29, 1.82) is 0 Å². The number of aromatic hydroxyl groups is 1. The first-order valence-electron chi connectivity index (χ1n) is 9.69. The lowest BCUT2D eigenvalue weighted by Gasteiger charge is -2.52. The van der Waals surface area contributed by atoms with E-state index in [0.29, 0.717) is 12.2 Å². The number of carbonyl (C=O) groups is 1. The summed E-state index contributed by atoms with van der Waals surface area (Å²) >= 11 is 0. The van der Waals surface area contributed by atoms with E-state index in [2.05, 4.69) is 11.8 Å². The van der Waals surface area contributed by atoms with Crippen LogP contribution in [0, 0.1) is 6.92 Å². The Hall–Kier alpha value is -2.37. The number of nitrogens with zero attached hydrogens (tertiary/aromatic N) is 1. The molecule has 0 bridgehead atoms. The predicted molar refractivity (Wildman–Crippen MR) is 109 cm³/mol. The summed E-state index contributed by atoms with van der Waals surface area (Å²) < 4.78 is 5.50. The van der Waals surface area contributed by atoms with Crippen molar-refractivity contribution in [1.82, 2.24) is 4.90 Å². The van der Waals surface area contributed by atoms with Crippen molar-refractivity contribution in [2.24, 2.45) is 0 Å². The normalized spacial score (nSPS) is 24.9. The average Bonchev–Trinajstić information content (AvgIpc) is 2.64. The molecule has 2 aromatic rings. The third-order valence-electron chi connectivity index (χ3n) is 6.23. The predicted octanol–water partition coefficient (Wildman–Crippen LogP) is 4.00. The first kappa shape index (κ1) is 20.4. The fourth-order valence-corrected chi connectivity index (χ4v) is 4.17. The summed E-state index contributed by atoms with van der Waals surface area (Å²) in [6, 6.07) is 11.9. The molecule has 5 heteroatoms. The van der Waals surface area contributed by atoms with E-state index in [1.54, 1.807) is 30.3 Å². The Morgan fingerprint density at radius 2 is 1.82 bits per heavy atom. The van der Waals surface area contributed by atoms with E-state index >= 15 is 0 Å². The van der Waals surface area contributed by atoms with Crippen LogP contribution in [0.3, 0.4) is 0 Å². The first-order chi connectivity index (χ1) is 13.2. The minimum absolute atomic E-state index is 0.104. The SMILES string of the molecule is Cc1ccc(C(=O)Oc2cccc(C3(O)CCCCC3(C)N(C)C)c2)c(O)c1. The third kappa shape index (κ3) is 3.52. The van der Waals surface area contributed by atoms with Gasteiger partial charge in [-0.1, -0.05) is 31.0 Å². The molecule has 5 nitrogen and oxygen atoms in total. The molecule has 0 amide bonds. The Kier molecular flexibility index (Phi) is 5.50. The van der Waals surface area contributed by atoms with Crippen LogP contribution in [0.15, 0.2) is 42.5 Å². The fraction of sp³-hybridized carbons (Fsp3) is 0.435. The van der Waals surface area contributed by atoms with E-state index < -0.39 is 17.1 Å². The summed E-state index contributed by atoms with van der Waals surface area (Å²) in [7, 11) is 3.97. The van der Waals surface area contributed by atoms with Gasteiger partial charge in [0.15, 0.2) is 0 Å². The van der Waals surface area contributed by atoms with Gasteiger partial charge in [-0.05, 0) is 76.2 Å². The summed E-state index contributed by atoms with van der Waals surface area (Å²) in [6.45, 7) is 3.92. The second kappa shape index (κ2) is 7.57. The van der Waals surface area contributed by atoms with Gasteiger partial charge < -0.3 is 19.8 Å². The van der Waals surface area contributed by atoms with E-state index in [1.807, 2.05) is 27.1 Å². The number of esters is 1. The van der Waals surface area contributed by atoms with Crippen molar-refractivity contribution in [2.75, 3.05) is 14.1 Å². The summed E-state index contributed by atoms with van der Waals surface area (Å²) in [5.74, 6) is -0.379. The van der Waals surface area contributed by atoms with E-state index in [-0.39, 0.29) is 11.3 Å². The number of benzene rings is 2. The minimum atomic E-state index is -1.04. The highest BCUT2D eigenvalue weighted by molar-refractivity contribution is 5.93. The van der Waals surface area contributed by atoms with Crippen molar-refractivity contribution in [3.05, 3.63) is 59.2 Å². The Balaban J connectivity index is 1.90. The molecule has 0 saturated heterocycles. The molecule has 0 aromatic heterocycles. The van der Waals surface area contributed by atoms with Gasteiger partial charge in [-0.15, -0.1) is 0 Å². The summed E-state index contributed by atoms with van der Waals surface area (Å²) in [5.41, 5.74) is 0.262. The van der Waals surface area contributed by atoms with Crippen molar-refractivity contribution >= 4 is 5.97 Å². The number of likely N-dealkylation sites (N-methyl/N-ethyl adjacent to an activating group) is 1. The molecule has 1 aliphatic carbocycles. The molecule has 1 fully saturated rings. The number of hydrogen-bond donors (Lipinski definition) is 2. The number of rotatable bonds is 4. The first-order valence-corrected chi connectivity index (χ1v) is 9.69. The van der Waals surface area contributed by atoms with Gasteiger partial charge in [0.1, 0.15) is 22.7 Å². The van der Waals surface area contributed by atoms with Gasteiger partial charge in [0.05, 0.1) is 5.54 Å². The molecule has 2 atom stereocenters. The molecule has 1 aliphatic rings. The number of ether oxygens (including phenoxy) is 1. The van der Waals surface area contributed by atoms with Crippen LogP contribution >= 0.6 is 0 Å². The topological polar surface area (TPSA) is 70.0 Å². The van der Waals surface area contributed by atoms with Gasteiger partial charge in [-0.25, -0.2) is 4.79 Å². The number of hydrogen-bond acceptors (Lipinski definition) is 5. The van der Waals surface area contributed by atoms with Gasteiger partial charge in [0, 0.05) is 0 Å². The van der Waals surface area contributed by atoms with Crippen LogP contribution < -0.4 is 4.74 Å². The molecule has 2 aromatic carbocycles. The lowest BCUT2D eigenvalue weighted by Crippen LogP contribution is -2.59. The van der Waals surface area contributed by atoms with Gasteiger partial charge in [0.25, 0.3) is 0 Å². The lowest BCUT2D eigenvalue weighted by atomic mass is 9.66. The number of phenols is 1. The molecule has 3 rings (SSSR count). The maximum atomic E-state index is 12.5. The van der Waals surface area contributed by atoms with Gasteiger partial charge in [0.2, 0.25) is 0 Å². The Bertz CT molecular complexity index is 879. The average molecular weight is 383 g/mol. The molecular weight excluding hydrogens is 354 g/mol. The highest BCUT2D eigenvalue weighted by Gasteiger charge is 2.51. The van der Waals surface area contributed by atoms with Gasteiger partial charge >= 0.3 is 5.97 Å². The molecule has 0 spiro atoms. The maximum absolute atomic E-state index is 12.5. The van der Waals surface area contributed by atoms with Crippen molar-refractivity contribution < 1.29 is 19.7 Å². The standard InChI is InChI=1S/C23H29NO4/c1-16-10-11-19(20(25)14-16)21(26)28-18-9-7-8-17(15-18)23(27)13-6-5-12-22(23,2)24(3)4/h7-11,14-15,25,27H,5-6,12-13H2,1-4H3. The smallest absolute Gasteiger partial charge is 0.347 e. The van der Waals surface area contributed by atoms with Crippen LogP contribution in [-0.4, -0.2) is 40.7 Å².